The van der Waals surface area contributed by atoms with Crippen molar-refractivity contribution in [3.05, 3.63) is 159 Å². The molecule has 0 bridgehead atoms. The summed E-state index contributed by atoms with van der Waals surface area (Å²) in [7, 11) is 3.01. The van der Waals surface area contributed by atoms with Crippen LogP contribution in [-0.2, 0) is 9.59 Å². The predicted molar refractivity (Wildman–Crippen MR) is 218 cm³/mol. The Kier molecular flexibility index (Phi) is 12.7. The van der Waals surface area contributed by atoms with Gasteiger partial charge in [0.15, 0.2) is 16.6 Å². The van der Waals surface area contributed by atoms with Gasteiger partial charge in [-0.15, -0.1) is 23.1 Å². The highest BCUT2D eigenvalue weighted by atomic mass is 35.5. The Morgan fingerprint density at radius 1 is 0.815 bits per heavy atom. The van der Waals surface area contributed by atoms with Crippen molar-refractivity contribution in [3.8, 4) is 22.8 Å². The highest BCUT2D eigenvalue weighted by Crippen LogP contribution is 2.38. The van der Waals surface area contributed by atoms with E-state index < -0.39 is 17.1 Å². The number of rotatable bonds is 13. The molecule has 1 heterocycles. The molecule has 6 aromatic rings. The highest BCUT2D eigenvalue weighted by Gasteiger charge is 2.24. The van der Waals surface area contributed by atoms with Crippen molar-refractivity contribution in [3.63, 3.8) is 0 Å². The monoisotopic (exact) mass is 794 g/mol. The fourth-order valence-corrected chi connectivity index (χ4v) is 7.54. The zero-order chi connectivity index (χ0) is 38.0. The van der Waals surface area contributed by atoms with Crippen LogP contribution in [0.1, 0.15) is 26.7 Å². The molecule has 1 aromatic heterocycles. The quantitative estimate of drug-likeness (QED) is 0.0787. The molecule has 9 nitrogen and oxygen atoms in total. The molecule has 1 unspecified atom stereocenters. The van der Waals surface area contributed by atoms with E-state index in [9.17, 15) is 14.4 Å². The number of amides is 3. The first-order chi connectivity index (χ1) is 26.2. The van der Waals surface area contributed by atoms with E-state index in [0.29, 0.717) is 54.7 Å². The van der Waals surface area contributed by atoms with E-state index in [-0.39, 0.29) is 11.6 Å². The summed E-state index contributed by atoms with van der Waals surface area (Å²) in [6.07, 6.45) is 1.53. The average Bonchev–Trinajstić information content (AvgIpc) is 3.65. The smallest absolute Gasteiger partial charge is 0.272 e. The SMILES string of the molecule is COc1cccc(/C=C(\NC(=O)c2ccccc2)C(=O)Nc2ccc(SC(C(=O)Nc3nc(-c4ccc(Cl)cc4Cl)cs3)c3ccccc3)cc2)c1OC. The number of ether oxygens (including phenoxy) is 2. The van der Waals surface area contributed by atoms with Crippen molar-refractivity contribution in [1.29, 1.82) is 0 Å². The minimum atomic E-state index is -0.626. The van der Waals surface area contributed by atoms with Gasteiger partial charge >= 0.3 is 0 Å². The molecule has 0 aliphatic heterocycles. The number of methoxy groups -OCH3 is 2. The number of thiazole rings is 1. The van der Waals surface area contributed by atoms with Crippen molar-refractivity contribution >= 4 is 80.9 Å². The maximum atomic E-state index is 13.8. The van der Waals surface area contributed by atoms with E-state index in [1.165, 1.54) is 43.4 Å². The van der Waals surface area contributed by atoms with Crippen molar-refractivity contribution in [2.75, 3.05) is 24.9 Å². The normalized spacial score (nSPS) is 11.7. The molecule has 0 fully saturated rings. The van der Waals surface area contributed by atoms with Crippen LogP contribution < -0.4 is 25.4 Å². The van der Waals surface area contributed by atoms with Gasteiger partial charge in [-0.1, -0.05) is 83.9 Å². The Labute approximate surface area is 330 Å². The molecule has 0 aliphatic carbocycles. The number of carbonyl (C=O) groups excluding carboxylic acids is 3. The summed E-state index contributed by atoms with van der Waals surface area (Å²) in [4.78, 5) is 46.0. The Hall–Kier alpha value is -5.59. The third-order valence-electron chi connectivity index (χ3n) is 7.91. The predicted octanol–water partition coefficient (Wildman–Crippen LogP) is 10.0. The third kappa shape index (κ3) is 9.49. The van der Waals surface area contributed by atoms with E-state index in [4.69, 9.17) is 32.7 Å². The highest BCUT2D eigenvalue weighted by molar-refractivity contribution is 8.00. The van der Waals surface area contributed by atoms with Crippen LogP contribution in [0.25, 0.3) is 17.3 Å². The standard InChI is InChI=1S/C41H32Cl2N4O5S2/c1-51-35-15-9-14-27(36(35)52-2)22-33(45-38(48)26-12-7-4-8-13-26)39(49)44-29-17-19-30(20-18-29)54-37(25-10-5-3-6-11-25)40(50)47-41-46-34(24-53-41)31-21-16-28(42)23-32(31)43/h3-24,37H,1-2H3,(H,44,49)(H,45,48)(H,46,47,50)/b33-22-. The number of benzene rings is 5. The first-order valence-corrected chi connectivity index (χ1v) is 18.9. The number of nitrogens with zero attached hydrogens (tertiary/aromatic N) is 1. The Bertz CT molecular complexity index is 2300. The third-order valence-corrected chi connectivity index (χ3v) is 10.5. The van der Waals surface area contributed by atoms with Crippen LogP contribution >= 0.6 is 46.3 Å². The molecule has 13 heteroatoms. The number of anilines is 2. The molecule has 0 saturated carbocycles. The number of halogens is 2. The second kappa shape index (κ2) is 18.0. The maximum Gasteiger partial charge on any atom is 0.272 e. The number of hydrogen-bond acceptors (Lipinski definition) is 8. The van der Waals surface area contributed by atoms with Gasteiger partial charge in [-0.3, -0.25) is 14.4 Å². The molecule has 6 rings (SSSR count). The summed E-state index contributed by atoms with van der Waals surface area (Å²) in [5.41, 5.74) is 3.49. The lowest BCUT2D eigenvalue weighted by Crippen LogP contribution is -2.30. The molecule has 0 radical (unpaired) electrons. The minimum Gasteiger partial charge on any atom is -0.493 e. The summed E-state index contributed by atoms with van der Waals surface area (Å²) in [6.45, 7) is 0. The molecular weight excluding hydrogens is 764 g/mol. The van der Waals surface area contributed by atoms with Crippen molar-refractivity contribution in [1.82, 2.24) is 10.3 Å². The lowest BCUT2D eigenvalue weighted by Gasteiger charge is -2.17. The Morgan fingerprint density at radius 3 is 2.22 bits per heavy atom. The number of nitrogens with one attached hydrogen (secondary N) is 3. The number of carbonyl (C=O) groups is 3. The lowest BCUT2D eigenvalue weighted by molar-refractivity contribution is -0.116. The van der Waals surface area contributed by atoms with Crippen LogP contribution in [0.15, 0.2) is 137 Å². The minimum absolute atomic E-state index is 0.0154. The molecule has 5 aromatic carbocycles. The molecule has 1 atom stereocenters. The fourth-order valence-electron chi connectivity index (χ4n) is 5.30. The van der Waals surface area contributed by atoms with Gasteiger partial charge in [0.25, 0.3) is 11.8 Å². The average molecular weight is 796 g/mol. The summed E-state index contributed by atoms with van der Waals surface area (Å²) < 4.78 is 11.0. The molecule has 0 saturated heterocycles. The van der Waals surface area contributed by atoms with Crippen molar-refractivity contribution < 1.29 is 23.9 Å². The van der Waals surface area contributed by atoms with E-state index in [1.54, 1.807) is 78.9 Å². The molecular formula is C41H32Cl2N4O5S2. The van der Waals surface area contributed by atoms with Gasteiger partial charge in [0.1, 0.15) is 10.9 Å². The Balaban J connectivity index is 1.20. The van der Waals surface area contributed by atoms with Gasteiger partial charge in [-0.05, 0) is 72.3 Å². The maximum absolute atomic E-state index is 13.8. The lowest BCUT2D eigenvalue weighted by atomic mass is 10.1. The molecule has 0 spiro atoms. The van der Waals surface area contributed by atoms with E-state index in [0.717, 1.165) is 10.5 Å². The van der Waals surface area contributed by atoms with E-state index in [1.807, 2.05) is 47.8 Å². The zero-order valence-corrected chi connectivity index (χ0v) is 32.0. The number of para-hydroxylation sites is 1. The van der Waals surface area contributed by atoms with Crippen LogP contribution in [-0.4, -0.2) is 36.9 Å². The number of hydrogen-bond donors (Lipinski definition) is 3. The van der Waals surface area contributed by atoms with Crippen molar-refractivity contribution in [2.45, 2.75) is 10.1 Å². The first-order valence-electron chi connectivity index (χ1n) is 16.4. The van der Waals surface area contributed by atoms with E-state index >= 15 is 0 Å². The van der Waals surface area contributed by atoms with Crippen LogP contribution in [0.2, 0.25) is 10.0 Å². The second-order valence-corrected chi connectivity index (χ2v) is 14.4. The molecule has 3 amide bonds. The summed E-state index contributed by atoms with van der Waals surface area (Å²) in [5, 5.41) is 11.2. The number of aromatic nitrogens is 1. The van der Waals surface area contributed by atoms with Crippen LogP contribution in [0.5, 0.6) is 11.5 Å². The largest absolute Gasteiger partial charge is 0.493 e. The topological polar surface area (TPSA) is 119 Å². The summed E-state index contributed by atoms with van der Waals surface area (Å²) >= 11 is 15.1. The first kappa shape index (κ1) is 38.1. The van der Waals surface area contributed by atoms with Crippen LogP contribution in [0, 0.1) is 0 Å². The van der Waals surface area contributed by atoms with Gasteiger partial charge in [0.05, 0.1) is 24.9 Å². The van der Waals surface area contributed by atoms with Crippen LogP contribution in [0.4, 0.5) is 10.8 Å². The number of thioether (sulfide) groups is 1. The van der Waals surface area contributed by atoms with Gasteiger partial charge in [-0.2, -0.15) is 0 Å². The van der Waals surface area contributed by atoms with Gasteiger partial charge < -0.3 is 25.4 Å². The van der Waals surface area contributed by atoms with Gasteiger partial charge in [0, 0.05) is 37.7 Å². The molecule has 272 valence electrons. The molecule has 3 N–H and O–H groups in total. The Morgan fingerprint density at radius 2 is 1.54 bits per heavy atom. The molecule has 0 aliphatic rings. The second-order valence-electron chi connectivity index (χ2n) is 11.5. The zero-order valence-electron chi connectivity index (χ0n) is 28.8. The summed E-state index contributed by atoms with van der Waals surface area (Å²) in [6, 6.07) is 35.5. The van der Waals surface area contributed by atoms with Crippen LogP contribution in [0.3, 0.4) is 0 Å². The van der Waals surface area contributed by atoms with E-state index in [2.05, 4.69) is 20.9 Å². The molecule has 54 heavy (non-hydrogen) atoms. The fraction of sp³-hybridized carbons (Fsp3) is 0.0732. The van der Waals surface area contributed by atoms with Gasteiger partial charge in [-0.25, -0.2) is 4.98 Å². The summed E-state index contributed by atoms with van der Waals surface area (Å²) in [5.74, 6) is -0.412. The van der Waals surface area contributed by atoms with Gasteiger partial charge in [0.2, 0.25) is 5.91 Å². The van der Waals surface area contributed by atoms with Crippen molar-refractivity contribution in [2.24, 2.45) is 0 Å².